The summed E-state index contributed by atoms with van der Waals surface area (Å²) < 4.78 is 0. The molecular weight excluding hydrogens is 222 g/mol. The van der Waals surface area contributed by atoms with E-state index < -0.39 is 0 Å². The van der Waals surface area contributed by atoms with E-state index in [2.05, 4.69) is 42.6 Å². The quantitative estimate of drug-likeness (QED) is 0.809. The average Bonchev–Trinajstić information content (AvgIpc) is 2.88. The van der Waals surface area contributed by atoms with Gasteiger partial charge in [0.1, 0.15) is 0 Å². The summed E-state index contributed by atoms with van der Waals surface area (Å²) in [5.74, 6) is 1.18. The Morgan fingerprint density at radius 3 is 2.61 bits per heavy atom. The van der Waals surface area contributed by atoms with Crippen LogP contribution in [0.25, 0.3) is 0 Å². The van der Waals surface area contributed by atoms with Crippen LogP contribution in [0, 0.1) is 11.8 Å². The first-order chi connectivity index (χ1) is 8.85. The highest BCUT2D eigenvalue weighted by atomic mass is 16.3. The highest BCUT2D eigenvalue weighted by Crippen LogP contribution is 2.31. The second-order valence-corrected chi connectivity index (χ2v) is 5.41. The maximum atomic E-state index is 9.35. The van der Waals surface area contributed by atoms with Crippen LogP contribution in [-0.4, -0.2) is 18.3 Å². The van der Waals surface area contributed by atoms with Crippen LogP contribution in [0.1, 0.15) is 44.2 Å². The van der Waals surface area contributed by atoms with Gasteiger partial charge in [-0.2, -0.15) is 0 Å². The lowest BCUT2D eigenvalue weighted by Gasteiger charge is -2.23. The lowest BCUT2D eigenvalue weighted by molar-refractivity contribution is 0.190. The van der Waals surface area contributed by atoms with Gasteiger partial charge in [-0.3, -0.25) is 0 Å². The van der Waals surface area contributed by atoms with Crippen LogP contribution in [-0.2, 0) is 0 Å². The zero-order chi connectivity index (χ0) is 12.8. The maximum Gasteiger partial charge on any atom is 0.0462 e. The molecule has 0 spiro atoms. The fourth-order valence-electron chi connectivity index (χ4n) is 3.10. The first-order valence-corrected chi connectivity index (χ1v) is 7.24. The SMILES string of the molecule is CCC(NCC1CCCC1CO)c1ccccc1. The summed E-state index contributed by atoms with van der Waals surface area (Å²) in [6, 6.07) is 11.1. The Kier molecular flexibility index (Phi) is 5.21. The molecule has 2 heteroatoms. The van der Waals surface area contributed by atoms with Gasteiger partial charge < -0.3 is 10.4 Å². The Bertz CT molecular complexity index is 338. The van der Waals surface area contributed by atoms with Crippen LogP contribution >= 0.6 is 0 Å². The number of benzene rings is 1. The van der Waals surface area contributed by atoms with Gasteiger partial charge in [-0.05, 0) is 43.2 Å². The predicted molar refractivity (Wildman–Crippen MR) is 75.4 cm³/mol. The van der Waals surface area contributed by atoms with Gasteiger partial charge in [0.25, 0.3) is 0 Å². The zero-order valence-electron chi connectivity index (χ0n) is 11.3. The van der Waals surface area contributed by atoms with Crippen LogP contribution in [0.15, 0.2) is 30.3 Å². The largest absolute Gasteiger partial charge is 0.396 e. The highest BCUT2D eigenvalue weighted by Gasteiger charge is 2.26. The monoisotopic (exact) mass is 247 g/mol. The third kappa shape index (κ3) is 3.33. The van der Waals surface area contributed by atoms with Crippen molar-refractivity contribution in [3.8, 4) is 0 Å². The molecule has 1 saturated carbocycles. The minimum Gasteiger partial charge on any atom is -0.396 e. The van der Waals surface area contributed by atoms with Crippen LogP contribution in [0.5, 0.6) is 0 Å². The molecule has 2 N–H and O–H groups in total. The summed E-state index contributed by atoms with van der Waals surface area (Å²) in [6.45, 7) is 3.62. The molecule has 0 heterocycles. The van der Waals surface area contributed by atoms with Crippen molar-refractivity contribution >= 4 is 0 Å². The van der Waals surface area contributed by atoms with Crippen molar-refractivity contribution < 1.29 is 5.11 Å². The van der Waals surface area contributed by atoms with E-state index in [0.29, 0.717) is 24.5 Å². The molecule has 1 fully saturated rings. The first kappa shape index (κ1) is 13.6. The van der Waals surface area contributed by atoms with Crippen molar-refractivity contribution in [2.75, 3.05) is 13.2 Å². The molecule has 2 rings (SSSR count). The van der Waals surface area contributed by atoms with E-state index in [1.54, 1.807) is 0 Å². The molecule has 0 bridgehead atoms. The number of hydrogen-bond donors (Lipinski definition) is 2. The Labute approximate surface area is 110 Å². The molecule has 3 atom stereocenters. The molecule has 1 aromatic carbocycles. The van der Waals surface area contributed by atoms with E-state index in [1.165, 1.54) is 24.8 Å². The molecule has 1 aliphatic rings. The fraction of sp³-hybridized carbons (Fsp3) is 0.625. The summed E-state index contributed by atoms with van der Waals surface area (Å²) in [5, 5.41) is 13.0. The van der Waals surface area contributed by atoms with Crippen LogP contribution in [0.2, 0.25) is 0 Å². The molecule has 100 valence electrons. The average molecular weight is 247 g/mol. The Morgan fingerprint density at radius 1 is 1.22 bits per heavy atom. The summed E-state index contributed by atoms with van der Waals surface area (Å²) >= 11 is 0. The molecule has 0 amide bonds. The number of rotatable bonds is 6. The number of aliphatic hydroxyl groups is 1. The van der Waals surface area contributed by atoms with E-state index in [4.69, 9.17) is 0 Å². The molecule has 1 aromatic rings. The lowest BCUT2D eigenvalue weighted by atomic mass is 9.96. The molecule has 0 radical (unpaired) electrons. The maximum absolute atomic E-state index is 9.35. The third-order valence-corrected chi connectivity index (χ3v) is 4.29. The van der Waals surface area contributed by atoms with Crippen molar-refractivity contribution in [2.45, 2.75) is 38.6 Å². The minimum atomic E-state index is 0.356. The van der Waals surface area contributed by atoms with Gasteiger partial charge in [-0.15, -0.1) is 0 Å². The molecule has 0 aromatic heterocycles. The van der Waals surface area contributed by atoms with Crippen molar-refractivity contribution in [2.24, 2.45) is 11.8 Å². The van der Waals surface area contributed by atoms with E-state index >= 15 is 0 Å². The summed E-state index contributed by atoms with van der Waals surface area (Å²) in [6.07, 6.45) is 4.86. The van der Waals surface area contributed by atoms with Crippen LogP contribution in [0.3, 0.4) is 0 Å². The second kappa shape index (κ2) is 6.91. The first-order valence-electron chi connectivity index (χ1n) is 7.24. The Morgan fingerprint density at radius 2 is 1.94 bits per heavy atom. The van der Waals surface area contributed by atoms with Gasteiger partial charge in [0.2, 0.25) is 0 Å². The molecule has 3 unspecified atom stereocenters. The Balaban J connectivity index is 1.88. The molecule has 18 heavy (non-hydrogen) atoms. The van der Waals surface area contributed by atoms with E-state index in [-0.39, 0.29) is 0 Å². The van der Waals surface area contributed by atoms with Gasteiger partial charge in [-0.1, -0.05) is 43.7 Å². The smallest absolute Gasteiger partial charge is 0.0462 e. The predicted octanol–water partition coefficient (Wildman–Crippen LogP) is 3.14. The topological polar surface area (TPSA) is 32.3 Å². The second-order valence-electron chi connectivity index (χ2n) is 5.41. The zero-order valence-corrected chi connectivity index (χ0v) is 11.3. The van der Waals surface area contributed by atoms with Gasteiger partial charge >= 0.3 is 0 Å². The molecular formula is C16H25NO. The van der Waals surface area contributed by atoms with Crippen molar-refractivity contribution in [3.63, 3.8) is 0 Å². The molecule has 0 aliphatic heterocycles. The van der Waals surface area contributed by atoms with Gasteiger partial charge in [0.05, 0.1) is 0 Å². The molecule has 2 nitrogen and oxygen atoms in total. The molecule has 1 aliphatic carbocycles. The van der Waals surface area contributed by atoms with Gasteiger partial charge in [0.15, 0.2) is 0 Å². The van der Waals surface area contributed by atoms with Crippen molar-refractivity contribution in [1.29, 1.82) is 0 Å². The van der Waals surface area contributed by atoms with Gasteiger partial charge in [-0.25, -0.2) is 0 Å². The number of hydrogen-bond acceptors (Lipinski definition) is 2. The summed E-state index contributed by atoms with van der Waals surface area (Å²) in [4.78, 5) is 0. The highest BCUT2D eigenvalue weighted by molar-refractivity contribution is 5.18. The Hall–Kier alpha value is -0.860. The van der Waals surface area contributed by atoms with Crippen molar-refractivity contribution in [1.82, 2.24) is 5.32 Å². The lowest BCUT2D eigenvalue weighted by Crippen LogP contribution is -2.29. The van der Waals surface area contributed by atoms with E-state index in [0.717, 1.165) is 13.0 Å². The van der Waals surface area contributed by atoms with Crippen LogP contribution < -0.4 is 5.32 Å². The van der Waals surface area contributed by atoms with E-state index in [1.807, 2.05) is 0 Å². The minimum absolute atomic E-state index is 0.356. The summed E-state index contributed by atoms with van der Waals surface area (Å²) in [7, 11) is 0. The normalized spacial score (nSPS) is 25.2. The van der Waals surface area contributed by atoms with E-state index in [9.17, 15) is 5.11 Å². The standard InChI is InChI=1S/C16H25NO/c1-2-16(13-7-4-3-5-8-13)17-11-14-9-6-10-15(14)12-18/h3-5,7-8,14-18H,2,6,9-12H2,1H3. The fourth-order valence-corrected chi connectivity index (χ4v) is 3.10. The van der Waals surface area contributed by atoms with Crippen LogP contribution in [0.4, 0.5) is 0 Å². The van der Waals surface area contributed by atoms with Gasteiger partial charge in [0, 0.05) is 12.6 Å². The molecule has 0 saturated heterocycles. The third-order valence-electron chi connectivity index (χ3n) is 4.29. The number of nitrogens with one attached hydrogen (secondary N) is 1. The van der Waals surface area contributed by atoms with Crippen molar-refractivity contribution in [3.05, 3.63) is 35.9 Å². The number of aliphatic hydroxyl groups excluding tert-OH is 1. The summed E-state index contributed by atoms with van der Waals surface area (Å²) in [5.41, 5.74) is 1.37.